The van der Waals surface area contributed by atoms with Crippen LogP contribution in [0.5, 0.6) is 0 Å². The van der Waals surface area contributed by atoms with Gasteiger partial charge in [0.05, 0.1) is 30.3 Å². The van der Waals surface area contributed by atoms with Crippen molar-refractivity contribution < 1.29 is 33.4 Å². The summed E-state index contributed by atoms with van der Waals surface area (Å²) in [5.74, 6) is -1.99. The molecular weight excluding hydrogens is 388 g/mol. The molecule has 0 aromatic carbocycles. The van der Waals surface area contributed by atoms with Crippen molar-refractivity contribution in [2.75, 3.05) is 7.11 Å². The minimum atomic E-state index is -1.39. The zero-order valence-electron chi connectivity index (χ0n) is 18.2. The monoisotopic (exact) mass is 418 g/mol. The average Bonchev–Trinajstić information content (AvgIpc) is 3.14. The summed E-state index contributed by atoms with van der Waals surface area (Å²) in [6.07, 6.45) is 2.21. The number of aliphatic hydroxyl groups is 1. The number of hydrogen-bond acceptors (Lipinski definition) is 7. The highest BCUT2D eigenvalue weighted by molar-refractivity contribution is 5.89. The molecule has 30 heavy (non-hydrogen) atoms. The van der Waals surface area contributed by atoms with Crippen LogP contribution in [0.15, 0.2) is 16.7 Å². The molecule has 0 unspecified atom stereocenters. The van der Waals surface area contributed by atoms with E-state index in [2.05, 4.69) is 0 Å². The lowest BCUT2D eigenvalue weighted by Crippen LogP contribution is -2.73. The lowest BCUT2D eigenvalue weighted by atomic mass is 9.40. The van der Waals surface area contributed by atoms with Gasteiger partial charge in [-0.25, -0.2) is 0 Å². The maximum absolute atomic E-state index is 13.4. The number of carbonyl (C=O) groups excluding carboxylic acids is 3. The molecule has 7 nitrogen and oxygen atoms in total. The van der Waals surface area contributed by atoms with Gasteiger partial charge in [0, 0.05) is 37.7 Å². The Morgan fingerprint density at radius 2 is 1.97 bits per heavy atom. The highest BCUT2D eigenvalue weighted by Gasteiger charge is 2.72. The van der Waals surface area contributed by atoms with E-state index in [4.69, 9.17) is 13.9 Å². The second kappa shape index (κ2) is 6.67. The van der Waals surface area contributed by atoms with E-state index in [0.29, 0.717) is 30.6 Å². The average molecular weight is 418 g/mol. The van der Waals surface area contributed by atoms with Crippen LogP contribution in [0.3, 0.4) is 0 Å². The summed E-state index contributed by atoms with van der Waals surface area (Å²) in [7, 11) is 1.32. The van der Waals surface area contributed by atoms with Crippen LogP contribution in [0, 0.1) is 22.7 Å². The molecule has 3 aliphatic carbocycles. The van der Waals surface area contributed by atoms with Gasteiger partial charge in [0.15, 0.2) is 0 Å². The van der Waals surface area contributed by atoms with Crippen LogP contribution in [0.25, 0.3) is 0 Å². The number of methoxy groups -OCH3 is 1. The first-order chi connectivity index (χ1) is 14.0. The Morgan fingerprint density at radius 3 is 2.60 bits per heavy atom. The normalized spacial score (nSPS) is 39.3. The summed E-state index contributed by atoms with van der Waals surface area (Å²) >= 11 is 0. The molecule has 7 heteroatoms. The van der Waals surface area contributed by atoms with Crippen LogP contribution in [0.2, 0.25) is 0 Å². The first-order valence-corrected chi connectivity index (χ1v) is 10.5. The minimum absolute atomic E-state index is 0.0146. The van der Waals surface area contributed by atoms with Gasteiger partial charge in [-0.1, -0.05) is 13.8 Å². The maximum atomic E-state index is 13.4. The van der Waals surface area contributed by atoms with Crippen LogP contribution >= 0.6 is 0 Å². The number of Topliss-reactive ketones (excluding diaryl/α,β-unsaturated/α-hetero) is 1. The van der Waals surface area contributed by atoms with Crippen LogP contribution in [0.1, 0.15) is 64.2 Å². The molecular formula is C23H30O7. The molecule has 0 radical (unpaired) electrons. The molecule has 0 saturated heterocycles. The first-order valence-electron chi connectivity index (χ1n) is 10.5. The molecule has 4 rings (SSSR count). The largest absolute Gasteiger partial charge is 0.469 e. The standard InChI is InChI=1S/C23H30O7/c1-12(24)30-16-11-23(27)21(2,3)8-6-17(25)22(23,4)14-10-15-13(7-9-29-15)18(19(14)16)20(26)28-5/h7,9,14,16,18-19,27H,6,8,10-11H2,1-5H3/t14-,16-,18+,19-,22-,23+/m0/s1. The number of esters is 2. The second-order valence-corrected chi connectivity index (χ2v) is 9.91. The summed E-state index contributed by atoms with van der Waals surface area (Å²) in [5.41, 5.74) is -2.35. The predicted octanol–water partition coefficient (Wildman–Crippen LogP) is 2.79. The smallest absolute Gasteiger partial charge is 0.313 e. The van der Waals surface area contributed by atoms with E-state index in [1.165, 1.54) is 20.3 Å². The molecule has 1 aromatic heterocycles. The van der Waals surface area contributed by atoms with Gasteiger partial charge >= 0.3 is 11.9 Å². The number of carbonyl (C=O) groups is 3. The molecule has 164 valence electrons. The van der Waals surface area contributed by atoms with E-state index in [0.717, 1.165) is 0 Å². The van der Waals surface area contributed by atoms with Gasteiger partial charge in [-0.2, -0.15) is 0 Å². The number of rotatable bonds is 2. The molecule has 1 aromatic rings. The molecule has 0 aliphatic heterocycles. The van der Waals surface area contributed by atoms with Crippen molar-refractivity contribution in [3.8, 4) is 0 Å². The fourth-order valence-electron chi connectivity index (χ4n) is 6.63. The Labute approximate surface area is 176 Å². The number of ether oxygens (including phenoxy) is 2. The van der Waals surface area contributed by atoms with E-state index >= 15 is 0 Å². The molecule has 0 bridgehead atoms. The number of fused-ring (bicyclic) bond motifs is 4. The topological polar surface area (TPSA) is 103 Å². The van der Waals surface area contributed by atoms with E-state index in [-0.39, 0.29) is 12.2 Å². The van der Waals surface area contributed by atoms with Crippen molar-refractivity contribution in [1.82, 2.24) is 0 Å². The first kappa shape index (κ1) is 21.1. The van der Waals surface area contributed by atoms with E-state index in [1.54, 1.807) is 6.07 Å². The van der Waals surface area contributed by atoms with Crippen LogP contribution in [0.4, 0.5) is 0 Å². The molecule has 2 saturated carbocycles. The Kier molecular flexibility index (Phi) is 4.69. The highest BCUT2D eigenvalue weighted by Crippen LogP contribution is 2.66. The highest BCUT2D eigenvalue weighted by atomic mass is 16.5. The maximum Gasteiger partial charge on any atom is 0.313 e. The summed E-state index contributed by atoms with van der Waals surface area (Å²) in [5, 5.41) is 12.1. The van der Waals surface area contributed by atoms with E-state index in [9.17, 15) is 19.5 Å². The van der Waals surface area contributed by atoms with E-state index < -0.39 is 52.2 Å². The van der Waals surface area contributed by atoms with Crippen molar-refractivity contribution in [1.29, 1.82) is 0 Å². The molecule has 6 atom stereocenters. The van der Waals surface area contributed by atoms with Crippen molar-refractivity contribution >= 4 is 17.7 Å². The minimum Gasteiger partial charge on any atom is -0.469 e. The molecule has 2 fully saturated rings. The lowest BCUT2D eigenvalue weighted by molar-refractivity contribution is -0.254. The third-order valence-corrected chi connectivity index (χ3v) is 8.34. The van der Waals surface area contributed by atoms with Crippen molar-refractivity contribution in [3.63, 3.8) is 0 Å². The summed E-state index contributed by atoms with van der Waals surface area (Å²) in [4.78, 5) is 38.3. The Hall–Kier alpha value is -2.15. The summed E-state index contributed by atoms with van der Waals surface area (Å²) in [6.45, 7) is 7.06. The van der Waals surface area contributed by atoms with Crippen molar-refractivity contribution in [2.45, 2.75) is 71.0 Å². The van der Waals surface area contributed by atoms with Crippen LogP contribution < -0.4 is 0 Å². The zero-order chi connectivity index (χ0) is 22.1. The van der Waals surface area contributed by atoms with Crippen molar-refractivity contribution in [3.05, 3.63) is 23.7 Å². The number of hydrogen-bond donors (Lipinski definition) is 1. The molecule has 0 spiro atoms. The van der Waals surface area contributed by atoms with Crippen LogP contribution in [-0.4, -0.2) is 41.6 Å². The van der Waals surface area contributed by atoms with E-state index in [1.807, 2.05) is 20.8 Å². The van der Waals surface area contributed by atoms with Gasteiger partial charge in [0.2, 0.25) is 0 Å². The number of ketones is 1. The summed E-state index contributed by atoms with van der Waals surface area (Å²) < 4.78 is 16.5. The van der Waals surface area contributed by atoms with Gasteiger partial charge < -0.3 is 19.0 Å². The fraction of sp³-hybridized carbons (Fsp3) is 0.696. The van der Waals surface area contributed by atoms with Crippen LogP contribution in [-0.2, 0) is 30.3 Å². The molecule has 0 amide bonds. The molecule has 1 heterocycles. The second-order valence-electron chi connectivity index (χ2n) is 9.91. The fourth-order valence-corrected chi connectivity index (χ4v) is 6.63. The molecule has 3 aliphatic rings. The third kappa shape index (κ3) is 2.57. The SMILES string of the molecule is COC(=O)[C@@H]1c2ccoc2C[C@H]2[C@H]1[C@@H](OC(C)=O)C[C@@]1(O)C(C)(C)CCC(=O)[C@]21C. The van der Waals surface area contributed by atoms with Gasteiger partial charge in [-0.15, -0.1) is 0 Å². The van der Waals surface area contributed by atoms with Gasteiger partial charge in [-0.05, 0) is 30.7 Å². The molecule has 1 N–H and O–H groups in total. The zero-order valence-corrected chi connectivity index (χ0v) is 18.2. The van der Waals surface area contributed by atoms with Gasteiger partial charge in [0.25, 0.3) is 0 Å². The lowest BCUT2D eigenvalue weighted by Gasteiger charge is -2.65. The van der Waals surface area contributed by atoms with Gasteiger partial charge in [-0.3, -0.25) is 14.4 Å². The third-order valence-electron chi connectivity index (χ3n) is 8.34. The van der Waals surface area contributed by atoms with Crippen molar-refractivity contribution in [2.24, 2.45) is 22.7 Å². The quantitative estimate of drug-likeness (QED) is 0.737. The predicted molar refractivity (Wildman–Crippen MR) is 105 cm³/mol. The Morgan fingerprint density at radius 1 is 1.27 bits per heavy atom. The summed E-state index contributed by atoms with van der Waals surface area (Å²) in [6, 6.07) is 1.74. The van der Waals surface area contributed by atoms with Gasteiger partial charge in [0.1, 0.15) is 17.6 Å². The Balaban J connectivity index is 1.95. The Bertz CT molecular complexity index is 899. The number of furan rings is 1.